The van der Waals surface area contributed by atoms with E-state index in [1.807, 2.05) is 6.07 Å². The Balaban J connectivity index is 2.15. The number of aliphatic imine (C=N–C) groups is 1. The first kappa shape index (κ1) is 23.9. The number of hydrogen-bond acceptors (Lipinski definition) is 6. The van der Waals surface area contributed by atoms with Crippen molar-refractivity contribution in [1.82, 2.24) is 9.97 Å². The number of aromatic nitrogens is 2. The number of pyridine rings is 2. The van der Waals surface area contributed by atoms with E-state index in [1.54, 1.807) is 0 Å². The van der Waals surface area contributed by atoms with Crippen LogP contribution in [0.5, 0.6) is 0 Å². The molecule has 164 valence electrons. The number of hydrogen-bond donors (Lipinski definition) is 2. The summed E-state index contributed by atoms with van der Waals surface area (Å²) in [5.41, 5.74) is 3.38. The molecule has 2 aromatic rings. The van der Waals surface area contributed by atoms with Crippen molar-refractivity contribution in [1.29, 1.82) is 5.26 Å². The highest BCUT2D eigenvalue weighted by atomic mass is 35.5. The van der Waals surface area contributed by atoms with E-state index in [0.717, 1.165) is 19.9 Å². The molecule has 0 aliphatic carbocycles. The van der Waals surface area contributed by atoms with E-state index >= 15 is 0 Å². The topological polar surface area (TPSA) is 126 Å². The Hall–Kier alpha value is -3.39. The van der Waals surface area contributed by atoms with Gasteiger partial charge < -0.3 is 15.8 Å². The van der Waals surface area contributed by atoms with Crippen molar-refractivity contribution in [3.05, 3.63) is 52.2 Å². The van der Waals surface area contributed by atoms with E-state index in [2.05, 4.69) is 20.3 Å². The highest BCUT2D eigenvalue weighted by molar-refractivity contribution is 6.34. The second-order valence-electron chi connectivity index (χ2n) is 6.90. The second-order valence-corrected chi connectivity index (χ2v) is 7.31. The van der Waals surface area contributed by atoms with Crippen LogP contribution in [-0.4, -0.2) is 33.4 Å². The third kappa shape index (κ3) is 6.05. The van der Waals surface area contributed by atoms with Crippen LogP contribution >= 0.6 is 11.6 Å². The summed E-state index contributed by atoms with van der Waals surface area (Å²) in [5.74, 6) is -4.75. The Labute approximate surface area is 180 Å². The summed E-state index contributed by atoms with van der Waals surface area (Å²) >= 11 is 5.94. The van der Waals surface area contributed by atoms with E-state index < -0.39 is 35.8 Å². The molecule has 0 aromatic carbocycles. The number of rotatable bonds is 6. The minimum atomic E-state index is -3.21. The molecule has 0 aliphatic rings. The lowest BCUT2D eigenvalue weighted by Gasteiger charge is -2.31. The Kier molecular flexibility index (Phi) is 7.07. The Bertz CT molecular complexity index is 1060. The molecule has 0 spiro atoms. The third-order valence-corrected chi connectivity index (χ3v) is 4.44. The maximum absolute atomic E-state index is 14.0. The van der Waals surface area contributed by atoms with Crippen molar-refractivity contribution in [2.75, 3.05) is 5.32 Å². The van der Waals surface area contributed by atoms with Crippen LogP contribution in [0.3, 0.4) is 0 Å². The summed E-state index contributed by atoms with van der Waals surface area (Å²) in [6.07, 6.45) is 1.17. The number of amidine groups is 1. The number of nitrogens with one attached hydrogen (secondary N) is 1. The van der Waals surface area contributed by atoms with Gasteiger partial charge in [0.25, 0.3) is 17.9 Å². The fourth-order valence-electron chi connectivity index (χ4n) is 2.04. The largest absolute Gasteiger partial charge is 0.453 e. The van der Waals surface area contributed by atoms with Crippen molar-refractivity contribution in [3.8, 4) is 6.07 Å². The second kappa shape index (κ2) is 9.18. The summed E-state index contributed by atoms with van der Waals surface area (Å²) in [5, 5.41) is 11.2. The molecule has 0 bridgehead atoms. The molecule has 0 aliphatic heterocycles. The molecule has 0 unspecified atom stereocenters. The molecule has 8 nitrogen and oxygen atoms in total. The number of ether oxygens (including phenoxy) is 1. The van der Waals surface area contributed by atoms with Gasteiger partial charge in [-0.15, -0.1) is 0 Å². The first-order valence-corrected chi connectivity index (χ1v) is 9.11. The molecule has 2 aromatic heterocycles. The van der Waals surface area contributed by atoms with Crippen LogP contribution < -0.4 is 11.1 Å². The first-order chi connectivity index (χ1) is 14.3. The minimum Gasteiger partial charge on any atom is -0.453 e. The number of amides is 1. The van der Waals surface area contributed by atoms with E-state index in [1.165, 1.54) is 18.3 Å². The summed E-state index contributed by atoms with van der Waals surface area (Å²) in [6.45, 7) is 2.50. The fraction of sp³-hybridized carbons (Fsp3) is 0.316. The number of nitrogens with zero attached hydrogens (tertiary/aromatic N) is 4. The van der Waals surface area contributed by atoms with Crippen molar-refractivity contribution in [2.45, 2.75) is 38.8 Å². The van der Waals surface area contributed by atoms with Gasteiger partial charge >= 0.3 is 0 Å². The highest BCUT2D eigenvalue weighted by Gasteiger charge is 2.44. The molecule has 1 amide bonds. The van der Waals surface area contributed by atoms with Crippen LogP contribution in [0.15, 0.2) is 29.4 Å². The predicted molar refractivity (Wildman–Crippen MR) is 107 cm³/mol. The number of halogens is 4. The summed E-state index contributed by atoms with van der Waals surface area (Å²) < 4.78 is 46.0. The van der Waals surface area contributed by atoms with Gasteiger partial charge in [0.15, 0.2) is 5.60 Å². The average Bonchev–Trinajstić information content (AvgIpc) is 2.66. The normalized spacial score (nSPS) is 12.3. The van der Waals surface area contributed by atoms with Gasteiger partial charge in [0.2, 0.25) is 0 Å². The summed E-state index contributed by atoms with van der Waals surface area (Å²) in [6, 6.07) is 4.76. The molecular formula is C19H18ClF3N6O2. The molecule has 0 radical (unpaired) electrons. The van der Waals surface area contributed by atoms with Crippen molar-refractivity contribution in [2.24, 2.45) is 10.7 Å². The molecule has 3 N–H and O–H groups in total. The monoisotopic (exact) mass is 454 g/mol. The Morgan fingerprint density at radius 3 is 2.65 bits per heavy atom. The van der Waals surface area contributed by atoms with Gasteiger partial charge in [-0.25, -0.2) is 28.1 Å². The van der Waals surface area contributed by atoms with Crippen LogP contribution in [-0.2, 0) is 11.3 Å². The molecule has 0 atom stereocenters. The van der Waals surface area contributed by atoms with Crippen molar-refractivity contribution >= 4 is 29.3 Å². The first-order valence-electron chi connectivity index (χ1n) is 8.73. The van der Waals surface area contributed by atoms with Gasteiger partial charge in [-0.1, -0.05) is 11.6 Å². The fourth-order valence-corrected chi connectivity index (χ4v) is 2.29. The zero-order valence-corrected chi connectivity index (χ0v) is 17.5. The Morgan fingerprint density at radius 2 is 2.06 bits per heavy atom. The number of alkyl halides is 2. The molecule has 2 rings (SSSR count). The molecule has 0 saturated heterocycles. The zero-order chi connectivity index (χ0) is 23.4. The minimum absolute atomic E-state index is 0.0428. The van der Waals surface area contributed by atoms with Crippen LogP contribution in [0.4, 0.5) is 19.0 Å². The van der Waals surface area contributed by atoms with Crippen LogP contribution in [0.1, 0.15) is 42.5 Å². The highest BCUT2D eigenvalue weighted by Crippen LogP contribution is 2.30. The van der Waals surface area contributed by atoms with Crippen molar-refractivity contribution in [3.63, 3.8) is 0 Å². The maximum atomic E-state index is 14.0. The lowest BCUT2D eigenvalue weighted by Crippen LogP contribution is -2.46. The average molecular weight is 455 g/mol. The molecule has 0 saturated carbocycles. The smallest absolute Gasteiger partial charge is 0.283 e. The standard InChI is InChI=1S/C19H18ClF3N6O2/c1-18(2,19(3,22)23)31-17(25)27-9-13-12(21)4-5-14(28-13)29-16(30)15-11(20)6-10(7-24)8-26-15/h4-6,8H,9H2,1-3H3,(H2,25,27)(H,28,29,30). The van der Waals surface area contributed by atoms with Crippen LogP contribution in [0.25, 0.3) is 0 Å². The van der Waals surface area contributed by atoms with E-state index in [9.17, 15) is 18.0 Å². The van der Waals surface area contributed by atoms with E-state index in [-0.39, 0.29) is 27.8 Å². The zero-order valence-electron chi connectivity index (χ0n) is 16.7. The lowest BCUT2D eigenvalue weighted by atomic mass is 10.0. The number of nitriles is 1. The molecular weight excluding hydrogens is 437 g/mol. The lowest BCUT2D eigenvalue weighted by molar-refractivity contribution is -0.140. The number of carbonyl (C=O) groups excluding carboxylic acids is 1. The van der Waals surface area contributed by atoms with Gasteiger partial charge in [-0.05, 0) is 32.0 Å². The van der Waals surface area contributed by atoms with Gasteiger partial charge in [-0.3, -0.25) is 4.79 Å². The molecule has 31 heavy (non-hydrogen) atoms. The van der Waals surface area contributed by atoms with Gasteiger partial charge in [0.05, 0.1) is 17.1 Å². The summed E-state index contributed by atoms with van der Waals surface area (Å²) in [4.78, 5) is 23.8. The van der Waals surface area contributed by atoms with E-state index in [4.69, 9.17) is 27.3 Å². The SMILES string of the molecule is CC(F)(F)C(C)(C)OC(N)=NCc1nc(NC(=O)c2ncc(C#N)cc2Cl)ccc1F. The number of anilines is 1. The van der Waals surface area contributed by atoms with Crippen LogP contribution in [0, 0.1) is 17.1 Å². The van der Waals surface area contributed by atoms with Crippen LogP contribution in [0.2, 0.25) is 5.02 Å². The summed E-state index contributed by atoms with van der Waals surface area (Å²) in [7, 11) is 0. The van der Waals surface area contributed by atoms with Gasteiger partial charge in [0, 0.05) is 13.1 Å². The molecule has 0 fully saturated rings. The molecule has 2 heterocycles. The van der Waals surface area contributed by atoms with Gasteiger partial charge in [0.1, 0.15) is 29.1 Å². The molecule has 12 heteroatoms. The maximum Gasteiger partial charge on any atom is 0.283 e. The Morgan fingerprint density at radius 1 is 1.39 bits per heavy atom. The number of nitrogens with two attached hydrogens (primary N) is 1. The van der Waals surface area contributed by atoms with Crippen molar-refractivity contribution < 1.29 is 22.7 Å². The quantitative estimate of drug-likeness (QED) is 0.506. The predicted octanol–water partition coefficient (Wildman–Crippen LogP) is 3.66. The van der Waals surface area contributed by atoms with Gasteiger partial charge in [-0.2, -0.15) is 5.26 Å². The number of carbonyl (C=O) groups is 1. The van der Waals surface area contributed by atoms with E-state index in [0.29, 0.717) is 6.92 Å². The third-order valence-electron chi connectivity index (χ3n) is 4.15.